The lowest BCUT2D eigenvalue weighted by Crippen LogP contribution is -2.02. The van der Waals surface area contributed by atoms with Crippen LogP contribution < -0.4 is 15.5 Å². The van der Waals surface area contributed by atoms with Gasteiger partial charge in [-0.05, 0) is 36.4 Å². The zero-order valence-electron chi connectivity index (χ0n) is 15.9. The van der Waals surface area contributed by atoms with Crippen LogP contribution in [0.4, 0.5) is 17.1 Å². The standard InChI is InChI=1S/3C6H5N2O2.Al/c3*9-7-8(10)6-4-2-1-3-5-6;/h3*1-5H;/q3*-1;. The molecule has 0 aliphatic carbocycles. The molecule has 0 bridgehead atoms. The highest BCUT2D eigenvalue weighted by atomic mass is 27.0. The number of anilines is 3. The molecule has 3 rings (SSSR count). The molecule has 12 nitrogen and oxygen atoms in total. The van der Waals surface area contributed by atoms with Crippen LogP contribution in [0.3, 0.4) is 0 Å². The Morgan fingerprint density at radius 3 is 0.806 bits per heavy atom. The zero-order valence-corrected chi connectivity index (χ0v) is 17.0. The Labute approximate surface area is 187 Å². The molecule has 0 spiro atoms. The summed E-state index contributed by atoms with van der Waals surface area (Å²) in [5, 5.41) is 38.0. The Morgan fingerprint density at radius 2 is 0.645 bits per heavy atom. The van der Waals surface area contributed by atoms with Crippen molar-refractivity contribution in [2.24, 2.45) is 15.9 Å². The first-order valence-corrected chi connectivity index (χ1v) is 8.10. The second-order valence-corrected chi connectivity index (χ2v) is 5.07. The average Bonchev–Trinajstić information content (AvgIpc) is 2.85. The molecule has 13 heteroatoms. The van der Waals surface area contributed by atoms with Crippen molar-refractivity contribution < 1.29 is 0 Å². The van der Waals surface area contributed by atoms with Crippen molar-refractivity contribution in [1.29, 1.82) is 0 Å². The van der Waals surface area contributed by atoms with Crippen molar-refractivity contribution in [3.8, 4) is 0 Å². The highest BCUT2D eigenvalue weighted by Crippen LogP contribution is 2.12. The third kappa shape index (κ3) is 10.6. The number of para-hydroxylation sites is 3. The molecule has 0 saturated heterocycles. The van der Waals surface area contributed by atoms with Crippen molar-refractivity contribution in [2.75, 3.05) is 15.5 Å². The predicted molar refractivity (Wildman–Crippen MR) is 120 cm³/mol. The third-order valence-electron chi connectivity index (χ3n) is 3.15. The van der Waals surface area contributed by atoms with Gasteiger partial charge >= 0.3 is 0 Å². The van der Waals surface area contributed by atoms with Crippen molar-refractivity contribution >= 4 is 34.4 Å². The molecule has 0 atom stereocenters. The van der Waals surface area contributed by atoms with Gasteiger partial charge in [0.15, 0.2) is 0 Å². The highest BCUT2D eigenvalue weighted by molar-refractivity contribution is 5.75. The predicted octanol–water partition coefficient (Wildman–Crippen LogP) is 4.64. The number of rotatable bonds is 6. The van der Waals surface area contributed by atoms with E-state index < -0.39 is 0 Å². The van der Waals surface area contributed by atoms with Crippen molar-refractivity contribution in [2.45, 2.75) is 0 Å². The van der Waals surface area contributed by atoms with E-state index in [1.54, 1.807) is 54.6 Å². The lowest BCUT2D eigenvalue weighted by molar-refractivity contribution is 1.07. The van der Waals surface area contributed by atoms with E-state index >= 15 is 0 Å². The molecule has 3 aromatic carbocycles. The summed E-state index contributed by atoms with van der Waals surface area (Å²) in [4.78, 5) is 29.0. The number of nitrogens with zero attached hydrogens (tertiary/aromatic N) is 6. The minimum absolute atomic E-state index is 0. The second kappa shape index (κ2) is 16.1. The molecule has 0 amide bonds. The van der Waals surface area contributed by atoms with Gasteiger partial charge in [0, 0.05) is 50.3 Å². The fourth-order valence-corrected chi connectivity index (χ4v) is 1.81. The summed E-state index contributed by atoms with van der Waals surface area (Å²) in [6.45, 7) is 0. The van der Waals surface area contributed by atoms with Crippen LogP contribution in [0.25, 0.3) is 0 Å². The van der Waals surface area contributed by atoms with Crippen LogP contribution in [0.15, 0.2) is 107 Å². The third-order valence-corrected chi connectivity index (χ3v) is 3.15. The average molecular weight is 438 g/mol. The summed E-state index contributed by atoms with van der Waals surface area (Å²) in [6.07, 6.45) is 0. The normalized spacial score (nSPS) is 8.61. The smallest absolute Gasteiger partial charge is 0.0499 e. The van der Waals surface area contributed by atoms with Crippen LogP contribution in [0.2, 0.25) is 0 Å². The van der Waals surface area contributed by atoms with Crippen molar-refractivity contribution in [3.63, 3.8) is 0 Å². The lowest BCUT2D eigenvalue weighted by atomic mass is 10.3. The zero-order chi connectivity index (χ0) is 22.2. The Morgan fingerprint density at radius 1 is 0.452 bits per heavy atom. The summed E-state index contributed by atoms with van der Waals surface area (Å²) in [5.41, 5.74) is 0.743. The van der Waals surface area contributed by atoms with E-state index in [-0.39, 0.29) is 49.9 Å². The number of nitroso groups, excluding NO2 is 3. The maximum absolute atomic E-state index is 10.5. The van der Waals surface area contributed by atoms with E-state index in [0.29, 0.717) is 0 Å². The molecule has 0 heterocycles. The summed E-state index contributed by atoms with van der Waals surface area (Å²) < 4.78 is 0. The van der Waals surface area contributed by atoms with Crippen LogP contribution in [-0.4, -0.2) is 17.4 Å². The molecule has 0 unspecified atom stereocenters. The molecule has 3 aromatic rings. The second-order valence-electron chi connectivity index (χ2n) is 5.07. The van der Waals surface area contributed by atoms with Gasteiger partial charge in [-0.25, -0.2) is 0 Å². The topological polar surface area (TPSA) is 167 Å². The van der Waals surface area contributed by atoms with Gasteiger partial charge in [0.2, 0.25) is 0 Å². The number of hydrogen-bond acceptors (Lipinski definition) is 9. The van der Waals surface area contributed by atoms with Gasteiger partial charge in [-0.3, -0.25) is 15.5 Å². The molecule has 0 fully saturated rings. The number of benzene rings is 3. The van der Waals surface area contributed by atoms with E-state index in [2.05, 4.69) is 15.9 Å². The van der Waals surface area contributed by atoms with Crippen molar-refractivity contribution in [1.82, 2.24) is 0 Å². The largest absolute Gasteiger partial charge is 0.735 e. The highest BCUT2D eigenvalue weighted by Gasteiger charge is 1.90. The van der Waals surface area contributed by atoms with Gasteiger partial charge in [0.1, 0.15) is 0 Å². The van der Waals surface area contributed by atoms with Crippen LogP contribution in [0, 0.1) is 30.3 Å². The van der Waals surface area contributed by atoms with Gasteiger partial charge in [-0.15, -0.1) is 14.7 Å². The maximum atomic E-state index is 10.5. The molecule has 0 saturated carbocycles. The molecule has 31 heavy (non-hydrogen) atoms. The fourth-order valence-electron chi connectivity index (χ4n) is 1.81. The summed E-state index contributed by atoms with van der Waals surface area (Å²) in [5.74, 6) is 0. The van der Waals surface area contributed by atoms with Crippen LogP contribution in [0.1, 0.15) is 0 Å². The molecule has 159 valence electrons. The lowest BCUT2D eigenvalue weighted by Gasteiger charge is -2.18. The van der Waals surface area contributed by atoms with E-state index in [0.717, 1.165) is 0 Å². The Kier molecular flexibility index (Phi) is 14.2. The number of hydrogen-bond donors (Lipinski definition) is 0. The quantitative estimate of drug-likeness (QED) is 0.302. The SMILES string of the molecule is O=NN([O-])c1ccccc1.O=NN([O-])c1ccccc1.O=NN([O-])c1ccccc1.[Al]. The molecular formula is C18H15AlN6O6-3. The summed E-state index contributed by atoms with van der Waals surface area (Å²) in [7, 11) is 0. The van der Waals surface area contributed by atoms with Crippen LogP contribution in [0.5, 0.6) is 0 Å². The summed E-state index contributed by atoms with van der Waals surface area (Å²) in [6, 6.07) is 24.3. The van der Waals surface area contributed by atoms with Crippen molar-refractivity contribution in [3.05, 3.63) is 121 Å². The van der Waals surface area contributed by atoms with E-state index in [1.165, 1.54) is 36.4 Å². The Hall–Kier alpha value is -3.73. The first-order valence-electron chi connectivity index (χ1n) is 8.10. The van der Waals surface area contributed by atoms with Gasteiger partial charge in [0.25, 0.3) is 0 Å². The van der Waals surface area contributed by atoms with Gasteiger partial charge in [-0.1, -0.05) is 54.6 Å². The van der Waals surface area contributed by atoms with Gasteiger partial charge in [-0.2, -0.15) is 0 Å². The first kappa shape index (κ1) is 27.3. The monoisotopic (exact) mass is 438 g/mol. The Balaban J connectivity index is 0.000000429. The minimum atomic E-state index is 0. The van der Waals surface area contributed by atoms with Crippen LogP contribution >= 0.6 is 0 Å². The summed E-state index contributed by atoms with van der Waals surface area (Å²) >= 11 is 0. The van der Waals surface area contributed by atoms with E-state index in [9.17, 15) is 30.3 Å². The van der Waals surface area contributed by atoms with Gasteiger partial charge < -0.3 is 15.6 Å². The molecular weight excluding hydrogens is 423 g/mol. The molecule has 0 N–H and O–H groups in total. The van der Waals surface area contributed by atoms with Gasteiger partial charge in [0.05, 0.1) is 0 Å². The molecule has 3 radical (unpaired) electrons. The first-order chi connectivity index (χ1) is 14.5. The van der Waals surface area contributed by atoms with E-state index in [1.807, 2.05) is 0 Å². The fraction of sp³-hybridized carbons (Fsp3) is 0. The molecule has 0 aliphatic heterocycles. The maximum Gasteiger partial charge on any atom is 0.0499 e. The Bertz CT molecular complexity index is 761. The minimum Gasteiger partial charge on any atom is -0.735 e. The van der Waals surface area contributed by atoms with Crippen LogP contribution in [-0.2, 0) is 0 Å². The van der Waals surface area contributed by atoms with E-state index in [4.69, 9.17) is 0 Å². The molecule has 0 aromatic heterocycles. The molecule has 0 aliphatic rings.